The average Bonchev–Trinajstić information content (AvgIpc) is 2.83. The number of ether oxygens (including phenoxy) is 2. The summed E-state index contributed by atoms with van der Waals surface area (Å²) in [5.74, 6) is 1.05. The van der Waals surface area contributed by atoms with Gasteiger partial charge in [0.25, 0.3) is 0 Å². The molecule has 0 aliphatic carbocycles. The van der Waals surface area contributed by atoms with Crippen LogP contribution in [0.2, 0.25) is 0 Å². The van der Waals surface area contributed by atoms with Crippen molar-refractivity contribution in [2.75, 3.05) is 52.2 Å². The lowest BCUT2D eigenvalue weighted by Crippen LogP contribution is -2.61. The molecule has 0 amide bonds. The fraction of sp³-hybridized carbons (Fsp3) is 0.368. The normalized spacial score (nSPS) is 15.6. The fourth-order valence-electron chi connectivity index (χ4n) is 3.93. The van der Waals surface area contributed by atoms with Crippen molar-refractivity contribution in [1.82, 2.24) is 4.90 Å². The molecule has 0 N–H and O–H groups in total. The Labute approximate surface area is 144 Å². The fourth-order valence-corrected chi connectivity index (χ4v) is 3.93. The van der Waals surface area contributed by atoms with Crippen molar-refractivity contribution in [3.05, 3.63) is 48.0 Å². The first-order valence-corrected chi connectivity index (χ1v) is 7.95. The van der Waals surface area contributed by atoms with Gasteiger partial charge in [-0.05, 0) is 38.4 Å². The molecule has 0 atom stereocenters. The van der Waals surface area contributed by atoms with Crippen LogP contribution in [0.15, 0.2) is 42.5 Å². The highest BCUT2D eigenvalue weighted by molar-refractivity contribution is 5.80. The Bertz CT molecular complexity index is 694. The second-order valence-corrected chi connectivity index (χ2v) is 6.17. The lowest BCUT2D eigenvalue weighted by atomic mass is 10.0. The molecular weight excluding hydrogens is 302 g/mol. The van der Waals surface area contributed by atoms with E-state index in [0.29, 0.717) is 0 Å². The van der Waals surface area contributed by atoms with Crippen LogP contribution in [0.1, 0.15) is 5.56 Å². The topological polar surface area (TPSA) is 28.2 Å². The number of fused-ring (bicyclic) bond motifs is 1. The summed E-state index contributed by atoms with van der Waals surface area (Å²) >= 11 is 0. The molecule has 0 bridgehead atoms. The van der Waals surface area contributed by atoms with Gasteiger partial charge >= 0.3 is 0 Å². The van der Waals surface area contributed by atoms with Gasteiger partial charge in [0.05, 0.1) is 31.2 Å². The predicted octanol–water partition coefficient (Wildman–Crippen LogP) is 2.96. The van der Waals surface area contributed by atoms with Crippen LogP contribution in [0.4, 0.5) is 11.4 Å². The quantitative estimate of drug-likeness (QED) is 0.861. The predicted molar refractivity (Wildman–Crippen MR) is 98.2 cm³/mol. The number of benzene rings is 2. The average molecular weight is 327 g/mol. The van der Waals surface area contributed by atoms with Gasteiger partial charge in [-0.15, -0.1) is 0 Å². The molecule has 1 aliphatic heterocycles. The number of hydrogen-bond acceptors (Lipinski definition) is 5. The summed E-state index contributed by atoms with van der Waals surface area (Å²) in [5, 5.41) is 0. The molecule has 0 radical (unpaired) electrons. The summed E-state index contributed by atoms with van der Waals surface area (Å²) in [5.41, 5.74) is 3.32. The molecule has 24 heavy (non-hydrogen) atoms. The molecule has 0 spiro atoms. The van der Waals surface area contributed by atoms with Crippen LogP contribution in [0.25, 0.3) is 0 Å². The molecule has 128 valence electrons. The molecule has 0 saturated carbocycles. The van der Waals surface area contributed by atoms with Crippen LogP contribution in [0.3, 0.4) is 0 Å². The molecule has 0 aromatic heterocycles. The highest BCUT2D eigenvalue weighted by Crippen LogP contribution is 2.53. The summed E-state index contributed by atoms with van der Waals surface area (Å²) in [6.07, 6.45) is 0. The first kappa shape index (κ1) is 16.5. The smallest absolute Gasteiger partial charge is 0.205 e. The van der Waals surface area contributed by atoms with Crippen molar-refractivity contribution < 1.29 is 9.47 Å². The summed E-state index contributed by atoms with van der Waals surface area (Å²) in [6, 6.07) is 14.3. The number of para-hydroxylation sites is 2. The van der Waals surface area contributed by atoms with Gasteiger partial charge in [0.1, 0.15) is 11.5 Å². The summed E-state index contributed by atoms with van der Waals surface area (Å²) in [4.78, 5) is 6.72. The van der Waals surface area contributed by atoms with E-state index < -0.39 is 5.79 Å². The lowest BCUT2D eigenvalue weighted by Gasteiger charge is -2.48. The van der Waals surface area contributed by atoms with Crippen LogP contribution in [0.5, 0.6) is 11.5 Å². The zero-order valence-corrected chi connectivity index (χ0v) is 15.2. The molecule has 0 fully saturated rings. The Morgan fingerprint density at radius 1 is 0.792 bits per heavy atom. The molecule has 1 heterocycles. The van der Waals surface area contributed by atoms with Crippen molar-refractivity contribution >= 4 is 11.4 Å². The van der Waals surface area contributed by atoms with Crippen LogP contribution in [-0.4, -0.2) is 47.3 Å². The van der Waals surface area contributed by atoms with Gasteiger partial charge in [-0.3, -0.25) is 4.90 Å². The monoisotopic (exact) mass is 327 g/mol. The van der Waals surface area contributed by atoms with Gasteiger partial charge in [-0.1, -0.05) is 18.2 Å². The minimum Gasteiger partial charge on any atom is -0.496 e. The minimum atomic E-state index is -0.554. The third-order valence-corrected chi connectivity index (χ3v) is 4.93. The second-order valence-electron chi connectivity index (χ2n) is 6.17. The van der Waals surface area contributed by atoms with E-state index in [-0.39, 0.29) is 0 Å². The van der Waals surface area contributed by atoms with Crippen LogP contribution in [0, 0.1) is 0 Å². The number of methoxy groups -OCH3 is 2. The maximum atomic E-state index is 5.71. The van der Waals surface area contributed by atoms with Crippen LogP contribution in [-0.2, 0) is 5.79 Å². The van der Waals surface area contributed by atoms with Gasteiger partial charge in [-0.2, -0.15) is 0 Å². The summed E-state index contributed by atoms with van der Waals surface area (Å²) in [7, 11) is 11.8. The van der Waals surface area contributed by atoms with E-state index in [2.05, 4.69) is 67.2 Å². The van der Waals surface area contributed by atoms with Crippen molar-refractivity contribution in [3.63, 3.8) is 0 Å². The first-order valence-electron chi connectivity index (χ1n) is 7.95. The van der Waals surface area contributed by atoms with Gasteiger partial charge < -0.3 is 19.3 Å². The standard InChI is InChI=1S/C19H25N3O2/c1-20(2)19(18-16(23-5)12-9-13-17(18)24-6)21(3)14-10-7-8-11-15(14)22(19)4/h7-13H,1-6H3. The van der Waals surface area contributed by atoms with E-state index in [1.54, 1.807) is 14.2 Å². The largest absolute Gasteiger partial charge is 0.496 e. The van der Waals surface area contributed by atoms with Crippen LogP contribution >= 0.6 is 0 Å². The minimum absolute atomic E-state index is 0.554. The number of anilines is 2. The number of nitrogens with zero attached hydrogens (tertiary/aromatic N) is 3. The number of hydrogen-bond donors (Lipinski definition) is 0. The zero-order valence-electron chi connectivity index (χ0n) is 15.2. The molecule has 2 aromatic rings. The van der Waals surface area contributed by atoms with Gasteiger partial charge in [-0.25, -0.2) is 0 Å². The van der Waals surface area contributed by atoms with E-state index in [1.165, 1.54) is 11.4 Å². The third-order valence-electron chi connectivity index (χ3n) is 4.93. The zero-order chi connectivity index (χ0) is 17.5. The Hall–Kier alpha value is -2.40. The van der Waals surface area contributed by atoms with Gasteiger partial charge in [0.15, 0.2) is 0 Å². The van der Waals surface area contributed by atoms with Crippen molar-refractivity contribution in [2.24, 2.45) is 0 Å². The Morgan fingerprint density at radius 2 is 1.25 bits per heavy atom. The Kier molecular flexibility index (Phi) is 4.05. The van der Waals surface area contributed by atoms with Gasteiger partial charge in [0, 0.05) is 14.1 Å². The molecule has 0 unspecified atom stereocenters. The highest BCUT2D eigenvalue weighted by atomic mass is 16.5. The Morgan fingerprint density at radius 3 is 1.62 bits per heavy atom. The van der Waals surface area contributed by atoms with E-state index in [9.17, 15) is 0 Å². The molecular formula is C19H25N3O2. The maximum Gasteiger partial charge on any atom is 0.205 e. The highest BCUT2D eigenvalue weighted by Gasteiger charge is 2.52. The molecule has 3 rings (SSSR count). The Balaban J connectivity index is 2.35. The molecule has 0 saturated heterocycles. The molecule has 5 nitrogen and oxygen atoms in total. The summed E-state index contributed by atoms with van der Waals surface area (Å²) in [6.45, 7) is 0. The van der Waals surface area contributed by atoms with Crippen molar-refractivity contribution in [2.45, 2.75) is 5.79 Å². The summed E-state index contributed by atoms with van der Waals surface area (Å²) < 4.78 is 11.4. The molecule has 1 aliphatic rings. The van der Waals surface area contributed by atoms with Crippen molar-refractivity contribution in [3.8, 4) is 11.5 Å². The van der Waals surface area contributed by atoms with Crippen molar-refractivity contribution in [1.29, 1.82) is 0 Å². The van der Waals surface area contributed by atoms with E-state index >= 15 is 0 Å². The maximum absolute atomic E-state index is 5.71. The van der Waals surface area contributed by atoms with E-state index in [0.717, 1.165) is 17.1 Å². The third kappa shape index (κ3) is 1.97. The number of rotatable bonds is 4. The molecule has 2 aromatic carbocycles. The first-order chi connectivity index (χ1) is 11.5. The second kappa shape index (κ2) is 5.91. The SMILES string of the molecule is COc1cccc(OC)c1C1(N(C)C)N(C)c2ccccc2N1C. The van der Waals surface area contributed by atoms with E-state index in [4.69, 9.17) is 9.47 Å². The van der Waals surface area contributed by atoms with Gasteiger partial charge in [0.2, 0.25) is 5.79 Å². The molecule has 5 heteroatoms. The lowest BCUT2D eigenvalue weighted by molar-refractivity contribution is 0.150. The van der Waals surface area contributed by atoms with E-state index in [1.807, 2.05) is 18.2 Å². The van der Waals surface area contributed by atoms with Crippen LogP contribution < -0.4 is 19.3 Å².